The number of nitrogens with one attached hydrogen (secondary N) is 1. The van der Waals surface area contributed by atoms with Crippen LogP contribution in [0.1, 0.15) is 15.9 Å². The third-order valence-corrected chi connectivity index (χ3v) is 10.1. The van der Waals surface area contributed by atoms with Crippen molar-refractivity contribution < 1.29 is 21.6 Å². The summed E-state index contributed by atoms with van der Waals surface area (Å²) >= 11 is 12.2. The second-order valence-corrected chi connectivity index (χ2v) is 14.0. The van der Waals surface area contributed by atoms with Crippen LogP contribution in [0.2, 0.25) is 10.0 Å². The van der Waals surface area contributed by atoms with Crippen LogP contribution in [-0.2, 0) is 20.0 Å². The van der Waals surface area contributed by atoms with Crippen LogP contribution in [0.3, 0.4) is 0 Å². The summed E-state index contributed by atoms with van der Waals surface area (Å²) in [5.41, 5.74) is 2.14. The van der Waals surface area contributed by atoms with Gasteiger partial charge >= 0.3 is 0 Å². The molecule has 0 saturated carbocycles. The molecule has 1 N–H and O–H groups in total. The van der Waals surface area contributed by atoms with Gasteiger partial charge in [0.25, 0.3) is 5.91 Å². The highest BCUT2D eigenvalue weighted by molar-refractivity contribution is 7.92. The molecular weight excluding hydrogens is 595 g/mol. The van der Waals surface area contributed by atoms with Crippen molar-refractivity contribution in [2.75, 3.05) is 54.0 Å². The standard InChI is InChI=1S/C27H28Cl2N4O5S2/c1-4-19-5-10-26(31(2)39(3,35)36)25(15-19)27(34)30-22-6-8-24(9-7-22)40(37,38)33-13-11-32(12-14-33)23-17-20(28)16-21(29)18-23/h4-10,15-18H,1,11-14H2,2-3H3,(H,30,34). The van der Waals surface area contributed by atoms with Crippen molar-refractivity contribution in [1.29, 1.82) is 0 Å². The van der Waals surface area contributed by atoms with Gasteiger partial charge < -0.3 is 10.2 Å². The van der Waals surface area contributed by atoms with E-state index in [1.807, 2.05) is 4.90 Å². The van der Waals surface area contributed by atoms with E-state index in [2.05, 4.69) is 11.9 Å². The molecule has 0 spiro atoms. The Bertz CT molecular complexity index is 1630. The Balaban J connectivity index is 1.47. The van der Waals surface area contributed by atoms with Gasteiger partial charge in [-0.25, -0.2) is 16.8 Å². The SMILES string of the molecule is C=Cc1ccc(N(C)S(C)(=O)=O)c(C(=O)Nc2ccc(S(=O)(=O)N3CCN(c4cc(Cl)cc(Cl)c4)CC3)cc2)c1. The number of amides is 1. The molecule has 0 bridgehead atoms. The number of benzene rings is 3. The highest BCUT2D eigenvalue weighted by atomic mass is 35.5. The van der Waals surface area contributed by atoms with E-state index < -0.39 is 26.0 Å². The van der Waals surface area contributed by atoms with Gasteiger partial charge in [0.2, 0.25) is 20.0 Å². The maximum absolute atomic E-state index is 13.3. The summed E-state index contributed by atoms with van der Waals surface area (Å²) in [5, 5.41) is 3.74. The molecule has 3 aromatic rings. The third-order valence-electron chi connectivity index (χ3n) is 6.54. The fourth-order valence-electron chi connectivity index (χ4n) is 4.28. The minimum absolute atomic E-state index is 0.0934. The Labute approximate surface area is 244 Å². The molecule has 1 fully saturated rings. The zero-order chi connectivity index (χ0) is 29.2. The first kappa shape index (κ1) is 29.9. The van der Waals surface area contributed by atoms with Gasteiger partial charge in [0.1, 0.15) is 0 Å². The number of carbonyl (C=O) groups excluding carboxylic acids is 1. The van der Waals surface area contributed by atoms with Crippen molar-refractivity contribution in [3.63, 3.8) is 0 Å². The van der Waals surface area contributed by atoms with Gasteiger partial charge in [-0.3, -0.25) is 9.10 Å². The van der Waals surface area contributed by atoms with Crippen molar-refractivity contribution in [3.05, 3.63) is 88.4 Å². The van der Waals surface area contributed by atoms with Crippen molar-refractivity contribution >= 4 is 72.3 Å². The average molecular weight is 624 g/mol. The number of rotatable bonds is 8. The van der Waals surface area contributed by atoms with E-state index in [4.69, 9.17) is 23.2 Å². The highest BCUT2D eigenvalue weighted by Crippen LogP contribution is 2.28. The molecule has 4 rings (SSSR count). The van der Waals surface area contributed by atoms with E-state index in [0.29, 0.717) is 34.4 Å². The average Bonchev–Trinajstić information content (AvgIpc) is 2.91. The van der Waals surface area contributed by atoms with Crippen LogP contribution in [-0.4, -0.2) is 66.5 Å². The first-order valence-electron chi connectivity index (χ1n) is 12.1. The topological polar surface area (TPSA) is 107 Å². The summed E-state index contributed by atoms with van der Waals surface area (Å²) in [6.07, 6.45) is 2.59. The molecule has 0 aliphatic carbocycles. The molecule has 3 aromatic carbocycles. The van der Waals surface area contributed by atoms with Gasteiger partial charge in [0, 0.05) is 54.6 Å². The molecule has 1 aliphatic heterocycles. The van der Waals surface area contributed by atoms with E-state index in [1.165, 1.54) is 47.8 Å². The fraction of sp³-hybridized carbons (Fsp3) is 0.222. The van der Waals surface area contributed by atoms with Gasteiger partial charge in [-0.2, -0.15) is 4.31 Å². The lowest BCUT2D eigenvalue weighted by molar-refractivity contribution is 0.102. The lowest BCUT2D eigenvalue weighted by Crippen LogP contribution is -2.48. The number of halogens is 2. The number of carbonyl (C=O) groups is 1. The first-order chi connectivity index (χ1) is 18.8. The van der Waals surface area contributed by atoms with Crippen LogP contribution in [0, 0.1) is 0 Å². The second-order valence-electron chi connectivity index (χ2n) is 9.21. The van der Waals surface area contributed by atoms with Gasteiger partial charge in [-0.05, 0) is 60.2 Å². The van der Waals surface area contributed by atoms with Crippen molar-refractivity contribution in [1.82, 2.24) is 4.31 Å². The summed E-state index contributed by atoms with van der Waals surface area (Å²) in [4.78, 5) is 15.3. The quantitative estimate of drug-likeness (QED) is 0.387. The zero-order valence-electron chi connectivity index (χ0n) is 21.8. The lowest BCUT2D eigenvalue weighted by atomic mass is 10.1. The number of sulfonamides is 2. The van der Waals surface area contributed by atoms with E-state index in [1.54, 1.807) is 30.3 Å². The maximum atomic E-state index is 13.3. The fourth-order valence-corrected chi connectivity index (χ4v) is 6.74. The van der Waals surface area contributed by atoms with Crippen LogP contribution in [0.15, 0.2) is 72.1 Å². The summed E-state index contributed by atoms with van der Waals surface area (Å²) < 4.78 is 53.2. The zero-order valence-corrected chi connectivity index (χ0v) is 25.0. The summed E-state index contributed by atoms with van der Waals surface area (Å²) in [6.45, 7) is 5.20. The Morgan fingerprint density at radius 2 is 1.52 bits per heavy atom. The van der Waals surface area contributed by atoms with E-state index in [-0.39, 0.29) is 29.2 Å². The molecule has 9 nitrogen and oxygen atoms in total. The van der Waals surface area contributed by atoms with Gasteiger partial charge in [0.15, 0.2) is 0 Å². The maximum Gasteiger partial charge on any atom is 0.257 e. The molecule has 0 radical (unpaired) electrons. The molecule has 40 heavy (non-hydrogen) atoms. The van der Waals surface area contributed by atoms with Gasteiger partial charge in [-0.15, -0.1) is 0 Å². The number of hydrogen-bond donors (Lipinski definition) is 1. The molecular formula is C27H28Cl2N4O5S2. The van der Waals surface area contributed by atoms with Gasteiger partial charge in [-0.1, -0.05) is 41.9 Å². The number of nitrogens with zero attached hydrogens (tertiary/aromatic N) is 3. The van der Waals surface area contributed by atoms with Gasteiger partial charge in [0.05, 0.1) is 22.4 Å². The van der Waals surface area contributed by atoms with Crippen molar-refractivity contribution in [2.45, 2.75) is 4.90 Å². The molecule has 0 aromatic heterocycles. The van der Waals surface area contributed by atoms with Crippen LogP contribution in [0.5, 0.6) is 0 Å². The first-order valence-corrected chi connectivity index (χ1v) is 16.2. The minimum Gasteiger partial charge on any atom is -0.369 e. The molecule has 1 saturated heterocycles. The smallest absolute Gasteiger partial charge is 0.257 e. The molecule has 1 heterocycles. The van der Waals surface area contributed by atoms with E-state index >= 15 is 0 Å². The predicted octanol–water partition coefficient (Wildman–Crippen LogP) is 4.80. The molecule has 212 valence electrons. The second kappa shape index (κ2) is 11.8. The van der Waals surface area contributed by atoms with Crippen LogP contribution < -0.4 is 14.5 Å². The third kappa shape index (κ3) is 6.61. The van der Waals surface area contributed by atoms with E-state index in [0.717, 1.165) is 16.2 Å². The number of hydrogen-bond acceptors (Lipinski definition) is 6. The summed E-state index contributed by atoms with van der Waals surface area (Å²) in [7, 11) is -6.03. The Morgan fingerprint density at radius 3 is 2.08 bits per heavy atom. The molecule has 0 unspecified atom stereocenters. The number of piperazine rings is 1. The van der Waals surface area contributed by atoms with Crippen molar-refractivity contribution in [3.8, 4) is 0 Å². The molecule has 13 heteroatoms. The Hall–Kier alpha value is -3.09. The van der Waals surface area contributed by atoms with Crippen LogP contribution in [0.25, 0.3) is 6.08 Å². The minimum atomic E-state index is -3.77. The summed E-state index contributed by atoms with van der Waals surface area (Å²) in [6, 6.07) is 15.8. The van der Waals surface area contributed by atoms with Crippen LogP contribution in [0.4, 0.5) is 17.1 Å². The van der Waals surface area contributed by atoms with E-state index in [9.17, 15) is 21.6 Å². The van der Waals surface area contributed by atoms with Crippen molar-refractivity contribution in [2.24, 2.45) is 0 Å². The lowest BCUT2D eigenvalue weighted by Gasteiger charge is -2.35. The van der Waals surface area contributed by atoms with Crippen LogP contribution >= 0.6 is 23.2 Å². The Kier molecular flexibility index (Phi) is 8.81. The largest absolute Gasteiger partial charge is 0.369 e. The normalized spacial score (nSPS) is 14.6. The summed E-state index contributed by atoms with van der Waals surface area (Å²) in [5.74, 6) is -0.554. The monoisotopic (exact) mass is 622 g/mol. The molecule has 1 amide bonds. The molecule has 1 aliphatic rings. The predicted molar refractivity (Wildman–Crippen MR) is 162 cm³/mol. The Morgan fingerprint density at radius 1 is 0.925 bits per heavy atom. The molecule has 0 atom stereocenters. The number of anilines is 3. The highest BCUT2D eigenvalue weighted by Gasteiger charge is 2.29.